The number of carbonyl (C=O) groups is 1. The molecule has 0 aromatic rings. The van der Waals surface area contributed by atoms with Gasteiger partial charge in [0.05, 0.1) is 13.2 Å². The van der Waals surface area contributed by atoms with Crippen molar-refractivity contribution in [2.45, 2.75) is 25.0 Å². The third-order valence-electron chi connectivity index (χ3n) is 1.14. The molecule has 0 amide bonds. The van der Waals surface area contributed by atoms with Gasteiger partial charge in [-0.15, -0.1) is 0 Å². The van der Waals surface area contributed by atoms with Crippen molar-refractivity contribution in [2.75, 3.05) is 13.2 Å². The number of hydrogen-bond donors (Lipinski definition) is 2. The number of ether oxygens (including phenoxy) is 1. The number of hydrogen-bond acceptors (Lipinski definition) is 4. The summed E-state index contributed by atoms with van der Waals surface area (Å²) in [6, 6.07) is 0. The van der Waals surface area contributed by atoms with E-state index in [4.69, 9.17) is 10.5 Å². The Balaban J connectivity index is 3.35. The lowest BCUT2D eigenvalue weighted by molar-refractivity contribution is -0.142. The van der Waals surface area contributed by atoms with Crippen LogP contribution in [0.15, 0.2) is 0 Å². The van der Waals surface area contributed by atoms with Gasteiger partial charge < -0.3 is 10.5 Å². The highest BCUT2D eigenvalue weighted by Crippen LogP contribution is 2.16. The summed E-state index contributed by atoms with van der Waals surface area (Å²) in [6.07, 6.45) is 0.738. The molecule has 0 radical (unpaired) electrons. The van der Waals surface area contributed by atoms with E-state index in [9.17, 15) is 4.79 Å². The van der Waals surface area contributed by atoms with Crippen molar-refractivity contribution in [1.29, 1.82) is 0 Å². The molecule has 0 unspecified atom stereocenters. The summed E-state index contributed by atoms with van der Waals surface area (Å²) in [5.74, 6) is -0.359. The largest absolute Gasteiger partial charge is 0.465 e. The number of nitrogens with two attached hydrogens (primary N) is 1. The Bertz CT molecular complexity index is 131. The van der Waals surface area contributed by atoms with Crippen molar-refractivity contribution < 1.29 is 9.53 Å². The Labute approximate surface area is 72.7 Å². The van der Waals surface area contributed by atoms with E-state index in [1.54, 1.807) is 0 Å². The van der Waals surface area contributed by atoms with Crippen LogP contribution in [0.2, 0.25) is 0 Å². The maximum atomic E-state index is 10.5. The van der Waals surface area contributed by atoms with Crippen molar-refractivity contribution in [2.24, 2.45) is 5.73 Å². The van der Waals surface area contributed by atoms with Crippen LogP contribution in [-0.4, -0.2) is 23.9 Å². The average Bonchev–Trinajstić information content (AvgIpc) is 1.85. The molecule has 0 bridgehead atoms. The van der Waals surface area contributed by atoms with Gasteiger partial charge in [0.2, 0.25) is 0 Å². The Morgan fingerprint density at radius 2 is 2.18 bits per heavy atom. The molecule has 0 aromatic heterocycles. The molecule has 0 aromatic carbocycles. The number of esters is 1. The second-order valence-electron chi connectivity index (χ2n) is 2.99. The Morgan fingerprint density at radius 3 is 2.55 bits per heavy atom. The highest BCUT2D eigenvalue weighted by molar-refractivity contribution is 7.81. The molecule has 0 aliphatic heterocycles. The number of thiol groups is 1. The van der Waals surface area contributed by atoms with Gasteiger partial charge in [-0.2, -0.15) is 12.6 Å². The predicted molar refractivity (Wildman–Crippen MR) is 47.7 cm³/mol. The van der Waals surface area contributed by atoms with Gasteiger partial charge in [-0.05, 0) is 6.42 Å². The Hall–Kier alpha value is -0.220. The molecule has 0 rings (SSSR count). The molecular weight excluding hydrogens is 162 g/mol. The summed E-state index contributed by atoms with van der Waals surface area (Å²) in [6.45, 7) is 4.28. The summed E-state index contributed by atoms with van der Waals surface area (Å²) in [5, 5.41) is 0. The van der Waals surface area contributed by atoms with E-state index in [0.29, 0.717) is 6.61 Å². The second-order valence-corrected chi connectivity index (χ2v) is 4.20. The van der Waals surface area contributed by atoms with Gasteiger partial charge in [0.25, 0.3) is 0 Å². The summed E-state index contributed by atoms with van der Waals surface area (Å²) in [7, 11) is 0. The molecule has 0 saturated carbocycles. The van der Waals surface area contributed by atoms with Crippen LogP contribution in [0.1, 0.15) is 20.3 Å². The third kappa shape index (κ3) is 7.68. The molecule has 0 aliphatic carbocycles. The van der Waals surface area contributed by atoms with Crippen LogP contribution in [0, 0.1) is 0 Å². The smallest absolute Gasteiger partial charge is 0.319 e. The first kappa shape index (κ1) is 10.8. The lowest BCUT2D eigenvalue weighted by Gasteiger charge is -2.16. The zero-order chi connectivity index (χ0) is 8.91. The maximum Gasteiger partial charge on any atom is 0.319 e. The molecule has 0 fully saturated rings. The maximum absolute atomic E-state index is 10.5. The first-order valence-corrected chi connectivity index (χ1v) is 3.98. The first-order chi connectivity index (χ1) is 4.95. The molecule has 0 heterocycles. The fraction of sp³-hybridized carbons (Fsp3) is 0.857. The fourth-order valence-corrected chi connectivity index (χ4v) is 0.565. The predicted octanol–water partition coefficient (Wildman–Crippen LogP) is 0.587. The monoisotopic (exact) mass is 177 g/mol. The minimum Gasteiger partial charge on any atom is -0.465 e. The van der Waals surface area contributed by atoms with Crippen molar-refractivity contribution in [3.63, 3.8) is 0 Å². The van der Waals surface area contributed by atoms with Gasteiger partial charge in [-0.3, -0.25) is 4.79 Å². The second kappa shape index (κ2) is 4.62. The first-order valence-electron chi connectivity index (χ1n) is 3.54. The SMILES string of the molecule is CC(C)(S)CCOC(=O)CN. The summed E-state index contributed by atoms with van der Waals surface area (Å²) in [5.41, 5.74) is 5.03. The van der Waals surface area contributed by atoms with E-state index in [0.717, 1.165) is 6.42 Å². The van der Waals surface area contributed by atoms with Crippen LogP contribution in [0.25, 0.3) is 0 Å². The zero-order valence-electron chi connectivity index (χ0n) is 6.96. The van der Waals surface area contributed by atoms with Crippen LogP contribution in [0.5, 0.6) is 0 Å². The number of carbonyl (C=O) groups excluding carboxylic acids is 1. The van der Waals surface area contributed by atoms with Gasteiger partial charge in [-0.25, -0.2) is 0 Å². The molecule has 11 heavy (non-hydrogen) atoms. The highest BCUT2D eigenvalue weighted by Gasteiger charge is 2.11. The van der Waals surface area contributed by atoms with Gasteiger partial charge >= 0.3 is 5.97 Å². The van der Waals surface area contributed by atoms with E-state index in [1.807, 2.05) is 13.8 Å². The van der Waals surface area contributed by atoms with Crippen molar-refractivity contribution >= 4 is 18.6 Å². The quantitative estimate of drug-likeness (QED) is 0.488. The molecule has 0 saturated heterocycles. The van der Waals surface area contributed by atoms with Crippen LogP contribution in [0.4, 0.5) is 0 Å². The molecule has 0 atom stereocenters. The zero-order valence-corrected chi connectivity index (χ0v) is 7.86. The average molecular weight is 177 g/mol. The van der Waals surface area contributed by atoms with E-state index < -0.39 is 0 Å². The Kier molecular flexibility index (Phi) is 4.52. The van der Waals surface area contributed by atoms with Gasteiger partial charge in [-0.1, -0.05) is 13.8 Å². The minimum atomic E-state index is -0.359. The van der Waals surface area contributed by atoms with E-state index in [1.165, 1.54) is 0 Å². The normalized spacial score (nSPS) is 11.3. The lowest BCUT2D eigenvalue weighted by atomic mass is 10.1. The summed E-state index contributed by atoms with van der Waals surface area (Å²) in [4.78, 5) is 10.5. The third-order valence-corrected chi connectivity index (χ3v) is 1.37. The minimum absolute atomic E-state index is 0.0486. The van der Waals surface area contributed by atoms with E-state index >= 15 is 0 Å². The summed E-state index contributed by atoms with van der Waals surface area (Å²) >= 11 is 4.26. The van der Waals surface area contributed by atoms with Crippen LogP contribution < -0.4 is 5.73 Å². The molecule has 0 spiro atoms. The fourth-order valence-electron chi connectivity index (χ4n) is 0.474. The Morgan fingerprint density at radius 1 is 1.64 bits per heavy atom. The molecule has 66 valence electrons. The van der Waals surface area contributed by atoms with Gasteiger partial charge in [0.15, 0.2) is 0 Å². The van der Waals surface area contributed by atoms with Crippen molar-refractivity contribution in [1.82, 2.24) is 0 Å². The topological polar surface area (TPSA) is 52.3 Å². The van der Waals surface area contributed by atoms with Crippen LogP contribution in [-0.2, 0) is 9.53 Å². The molecular formula is C7H15NO2S. The standard InChI is InChI=1S/C7H15NO2S/c1-7(2,11)3-4-10-6(9)5-8/h11H,3-5,8H2,1-2H3. The van der Waals surface area contributed by atoms with Crippen molar-refractivity contribution in [3.05, 3.63) is 0 Å². The van der Waals surface area contributed by atoms with Gasteiger partial charge in [0, 0.05) is 4.75 Å². The van der Waals surface area contributed by atoms with Crippen molar-refractivity contribution in [3.8, 4) is 0 Å². The van der Waals surface area contributed by atoms with Crippen LogP contribution >= 0.6 is 12.6 Å². The highest BCUT2D eigenvalue weighted by atomic mass is 32.1. The molecule has 4 heteroatoms. The van der Waals surface area contributed by atoms with Crippen LogP contribution in [0.3, 0.4) is 0 Å². The van der Waals surface area contributed by atoms with E-state index in [-0.39, 0.29) is 17.3 Å². The molecule has 2 N–H and O–H groups in total. The molecule has 3 nitrogen and oxygen atoms in total. The summed E-state index contributed by atoms with van der Waals surface area (Å²) < 4.78 is 4.67. The van der Waals surface area contributed by atoms with Gasteiger partial charge in [0.1, 0.15) is 0 Å². The number of rotatable bonds is 4. The van der Waals surface area contributed by atoms with E-state index in [2.05, 4.69) is 12.6 Å². The lowest BCUT2D eigenvalue weighted by Crippen LogP contribution is -2.20. The molecule has 0 aliphatic rings.